The van der Waals surface area contributed by atoms with Gasteiger partial charge in [-0.1, -0.05) is 11.6 Å². The first-order chi connectivity index (χ1) is 8.61. The number of aromatic nitrogens is 3. The molecule has 0 saturated heterocycles. The molecule has 0 bridgehead atoms. The third-order valence-electron chi connectivity index (χ3n) is 2.21. The highest BCUT2D eigenvalue weighted by Crippen LogP contribution is 2.29. The van der Waals surface area contributed by atoms with Crippen molar-refractivity contribution < 1.29 is 9.53 Å². The number of aromatic amines is 1. The summed E-state index contributed by atoms with van der Waals surface area (Å²) >= 11 is 5.87. The number of nitrogens with zero attached hydrogens (tertiary/aromatic N) is 2. The molecule has 2 aromatic rings. The molecule has 1 aromatic carbocycles. The van der Waals surface area contributed by atoms with Crippen LogP contribution in [0.2, 0.25) is 5.02 Å². The summed E-state index contributed by atoms with van der Waals surface area (Å²) in [6, 6.07) is 2.92. The summed E-state index contributed by atoms with van der Waals surface area (Å²) in [5.74, 6) is 0.134. The maximum atomic E-state index is 12.0. The molecule has 2 rings (SSSR count). The van der Waals surface area contributed by atoms with Crippen LogP contribution >= 0.6 is 11.6 Å². The number of amides is 1. The molecule has 0 unspecified atom stereocenters. The van der Waals surface area contributed by atoms with E-state index < -0.39 is 5.91 Å². The van der Waals surface area contributed by atoms with Crippen LogP contribution in [0.5, 0.6) is 5.75 Å². The van der Waals surface area contributed by atoms with Crippen molar-refractivity contribution in [1.29, 1.82) is 0 Å². The van der Waals surface area contributed by atoms with Gasteiger partial charge in [-0.25, -0.2) is 5.10 Å². The van der Waals surface area contributed by atoms with Crippen LogP contribution in [0.25, 0.3) is 0 Å². The van der Waals surface area contributed by atoms with Crippen molar-refractivity contribution in [2.75, 3.05) is 18.2 Å². The van der Waals surface area contributed by atoms with Gasteiger partial charge in [0.1, 0.15) is 12.1 Å². The normalized spacial score (nSPS) is 10.1. The number of hydrogen-bond acceptors (Lipinski definition) is 5. The Morgan fingerprint density at radius 2 is 2.33 bits per heavy atom. The van der Waals surface area contributed by atoms with E-state index in [1.807, 2.05) is 0 Å². The lowest BCUT2D eigenvalue weighted by Crippen LogP contribution is -2.14. The summed E-state index contributed by atoms with van der Waals surface area (Å²) in [5.41, 5.74) is 6.22. The van der Waals surface area contributed by atoms with E-state index in [9.17, 15) is 4.79 Å². The van der Waals surface area contributed by atoms with Gasteiger partial charge in [-0.05, 0) is 6.07 Å². The molecule has 4 N–H and O–H groups in total. The molecular weight excluding hydrogens is 258 g/mol. The molecule has 1 heterocycles. The van der Waals surface area contributed by atoms with Gasteiger partial charge in [0, 0.05) is 6.07 Å². The molecular formula is C10H10ClN5O2. The highest BCUT2D eigenvalue weighted by Gasteiger charge is 2.15. The SMILES string of the molecule is COc1cc(N)c(Cl)cc1C(=O)Nc1ncn[nH]1. The molecule has 0 aliphatic carbocycles. The lowest BCUT2D eigenvalue weighted by molar-refractivity contribution is 0.102. The lowest BCUT2D eigenvalue weighted by atomic mass is 10.1. The smallest absolute Gasteiger partial charge is 0.261 e. The summed E-state index contributed by atoms with van der Waals surface area (Å²) in [4.78, 5) is 15.8. The van der Waals surface area contributed by atoms with E-state index in [2.05, 4.69) is 20.5 Å². The van der Waals surface area contributed by atoms with E-state index in [1.165, 1.54) is 25.6 Å². The lowest BCUT2D eigenvalue weighted by Gasteiger charge is -2.09. The standard InChI is InChI=1S/C10H10ClN5O2/c1-18-8-3-7(12)6(11)2-5(8)9(17)15-10-13-4-14-16-10/h2-4H,12H2,1H3,(H2,13,14,15,16,17). The molecule has 0 spiro atoms. The number of benzene rings is 1. The Morgan fingerprint density at radius 1 is 1.56 bits per heavy atom. The van der Waals surface area contributed by atoms with Gasteiger partial charge in [-0.15, -0.1) is 0 Å². The number of hydrogen-bond donors (Lipinski definition) is 3. The van der Waals surface area contributed by atoms with Gasteiger partial charge < -0.3 is 10.5 Å². The summed E-state index contributed by atoms with van der Waals surface area (Å²) in [6.45, 7) is 0. The summed E-state index contributed by atoms with van der Waals surface area (Å²) < 4.78 is 5.08. The number of anilines is 2. The molecule has 18 heavy (non-hydrogen) atoms. The van der Waals surface area contributed by atoms with Crippen LogP contribution in [-0.2, 0) is 0 Å². The number of nitrogens with one attached hydrogen (secondary N) is 2. The van der Waals surface area contributed by atoms with Gasteiger partial charge >= 0.3 is 0 Å². The number of carbonyl (C=O) groups is 1. The first-order valence-corrected chi connectivity index (χ1v) is 5.29. The fourth-order valence-corrected chi connectivity index (χ4v) is 1.52. The molecule has 7 nitrogen and oxygen atoms in total. The fraction of sp³-hybridized carbons (Fsp3) is 0.100. The van der Waals surface area contributed by atoms with Crippen molar-refractivity contribution in [2.45, 2.75) is 0 Å². The fourth-order valence-electron chi connectivity index (χ4n) is 1.36. The predicted octanol–water partition coefficient (Wildman–Crippen LogP) is 1.30. The van der Waals surface area contributed by atoms with Crippen LogP contribution in [-0.4, -0.2) is 28.2 Å². The Morgan fingerprint density at radius 3 is 2.94 bits per heavy atom. The monoisotopic (exact) mass is 267 g/mol. The number of halogens is 1. The van der Waals surface area contributed by atoms with Crippen molar-refractivity contribution in [3.8, 4) is 5.75 Å². The average molecular weight is 268 g/mol. The second kappa shape index (κ2) is 4.92. The number of carbonyl (C=O) groups excluding carboxylic acids is 1. The van der Waals surface area contributed by atoms with Crippen LogP contribution in [0.1, 0.15) is 10.4 Å². The van der Waals surface area contributed by atoms with Crippen LogP contribution in [0.15, 0.2) is 18.5 Å². The highest BCUT2D eigenvalue weighted by atomic mass is 35.5. The van der Waals surface area contributed by atoms with Crippen LogP contribution in [0.4, 0.5) is 11.6 Å². The highest BCUT2D eigenvalue weighted by molar-refractivity contribution is 6.33. The Labute approximate surface area is 107 Å². The molecule has 0 aliphatic rings. The van der Waals surface area contributed by atoms with E-state index in [0.29, 0.717) is 11.4 Å². The van der Waals surface area contributed by atoms with Gasteiger partial charge in [-0.3, -0.25) is 10.1 Å². The quantitative estimate of drug-likeness (QED) is 0.727. The van der Waals surface area contributed by atoms with Crippen LogP contribution in [0.3, 0.4) is 0 Å². The molecule has 0 aliphatic heterocycles. The first-order valence-electron chi connectivity index (χ1n) is 4.91. The zero-order valence-electron chi connectivity index (χ0n) is 9.40. The third-order valence-corrected chi connectivity index (χ3v) is 2.54. The van der Waals surface area contributed by atoms with Gasteiger partial charge in [-0.2, -0.15) is 10.1 Å². The van der Waals surface area contributed by atoms with Crippen molar-refractivity contribution in [1.82, 2.24) is 15.2 Å². The van der Waals surface area contributed by atoms with Crippen LogP contribution in [0, 0.1) is 0 Å². The molecule has 1 amide bonds. The van der Waals surface area contributed by atoms with Crippen molar-refractivity contribution in [2.24, 2.45) is 0 Å². The molecule has 0 atom stereocenters. The maximum Gasteiger partial charge on any atom is 0.261 e. The Kier molecular flexibility index (Phi) is 3.33. The number of H-pyrrole nitrogens is 1. The van der Waals surface area contributed by atoms with Gasteiger partial charge in [0.05, 0.1) is 23.4 Å². The van der Waals surface area contributed by atoms with Crippen molar-refractivity contribution >= 4 is 29.1 Å². The van der Waals surface area contributed by atoms with E-state index in [4.69, 9.17) is 22.1 Å². The second-order valence-electron chi connectivity index (χ2n) is 3.36. The molecule has 94 valence electrons. The second-order valence-corrected chi connectivity index (χ2v) is 3.77. The Balaban J connectivity index is 2.32. The van der Waals surface area contributed by atoms with Crippen molar-refractivity contribution in [3.05, 3.63) is 29.0 Å². The molecule has 8 heteroatoms. The van der Waals surface area contributed by atoms with Gasteiger partial charge in [0.2, 0.25) is 5.95 Å². The minimum atomic E-state index is -0.425. The van der Waals surface area contributed by atoms with E-state index >= 15 is 0 Å². The maximum absolute atomic E-state index is 12.0. The predicted molar refractivity (Wildman–Crippen MR) is 66.8 cm³/mol. The number of ether oxygens (including phenoxy) is 1. The van der Waals surface area contributed by atoms with Gasteiger partial charge in [0.25, 0.3) is 5.91 Å². The van der Waals surface area contributed by atoms with Gasteiger partial charge in [0.15, 0.2) is 0 Å². The summed E-state index contributed by atoms with van der Waals surface area (Å²) in [5, 5.41) is 8.91. The number of methoxy groups -OCH3 is 1. The Hall–Kier alpha value is -2.28. The summed E-state index contributed by atoms with van der Waals surface area (Å²) in [7, 11) is 1.44. The minimum absolute atomic E-state index is 0.231. The summed E-state index contributed by atoms with van der Waals surface area (Å²) in [6.07, 6.45) is 1.28. The number of nitrogen functional groups attached to an aromatic ring is 1. The number of rotatable bonds is 3. The zero-order chi connectivity index (χ0) is 13.1. The minimum Gasteiger partial charge on any atom is -0.496 e. The Bertz CT molecular complexity index is 570. The van der Waals surface area contributed by atoms with E-state index in [-0.39, 0.29) is 16.5 Å². The molecule has 0 radical (unpaired) electrons. The molecule has 0 saturated carbocycles. The first kappa shape index (κ1) is 12.2. The van der Waals surface area contributed by atoms with E-state index in [1.54, 1.807) is 0 Å². The molecule has 1 aromatic heterocycles. The van der Waals surface area contributed by atoms with Crippen molar-refractivity contribution in [3.63, 3.8) is 0 Å². The molecule has 0 fully saturated rings. The van der Waals surface area contributed by atoms with E-state index in [0.717, 1.165) is 0 Å². The zero-order valence-corrected chi connectivity index (χ0v) is 10.2. The third kappa shape index (κ3) is 2.35. The van der Waals surface area contributed by atoms with Crippen LogP contribution < -0.4 is 15.8 Å². The average Bonchev–Trinajstić information content (AvgIpc) is 2.84. The number of nitrogens with two attached hydrogens (primary N) is 1. The topological polar surface area (TPSA) is 106 Å². The largest absolute Gasteiger partial charge is 0.496 e.